The fraction of sp³-hybridized carbons (Fsp3) is 0.143. The summed E-state index contributed by atoms with van der Waals surface area (Å²) in [6, 6.07) is 7.21. The molecule has 0 fully saturated rings. The predicted molar refractivity (Wildman–Crippen MR) is 68.5 cm³/mol. The van der Waals surface area contributed by atoms with E-state index in [1.54, 1.807) is 26.2 Å². The van der Waals surface area contributed by atoms with Crippen molar-refractivity contribution in [1.29, 1.82) is 0 Å². The molecular weight excluding hydrogens is 230 g/mol. The van der Waals surface area contributed by atoms with Gasteiger partial charge in [-0.15, -0.1) is 0 Å². The first-order valence-corrected chi connectivity index (χ1v) is 5.50. The first-order chi connectivity index (χ1) is 8.61. The standard InChI is InChI=1S/C14H13NO3/c1-9-7-10(16)8-12(14(9)17)15-11-5-3-4-6-13(11)18-2/h3-8,15H,1-2H3. The molecule has 0 spiro atoms. The van der Waals surface area contributed by atoms with Crippen LogP contribution in [-0.2, 0) is 9.59 Å². The monoisotopic (exact) mass is 243 g/mol. The van der Waals surface area contributed by atoms with E-state index in [9.17, 15) is 9.59 Å². The average Bonchev–Trinajstić information content (AvgIpc) is 2.36. The van der Waals surface area contributed by atoms with Crippen LogP contribution in [0, 0.1) is 0 Å². The lowest BCUT2D eigenvalue weighted by Gasteiger charge is -2.15. The zero-order valence-electron chi connectivity index (χ0n) is 10.2. The number of benzene rings is 1. The lowest BCUT2D eigenvalue weighted by Crippen LogP contribution is -2.18. The van der Waals surface area contributed by atoms with Crippen LogP contribution in [-0.4, -0.2) is 18.7 Å². The third kappa shape index (κ3) is 2.32. The minimum atomic E-state index is -0.190. The van der Waals surface area contributed by atoms with Gasteiger partial charge in [-0.2, -0.15) is 0 Å². The Bertz CT molecular complexity index is 570. The Morgan fingerprint density at radius 3 is 2.56 bits per heavy atom. The molecule has 0 saturated heterocycles. The summed E-state index contributed by atoms with van der Waals surface area (Å²) >= 11 is 0. The Balaban J connectivity index is 2.29. The summed E-state index contributed by atoms with van der Waals surface area (Å²) in [5.41, 5.74) is 1.35. The number of anilines is 1. The van der Waals surface area contributed by atoms with E-state index in [0.29, 0.717) is 17.0 Å². The zero-order chi connectivity index (χ0) is 13.1. The molecule has 0 atom stereocenters. The van der Waals surface area contributed by atoms with Crippen LogP contribution in [0.5, 0.6) is 5.75 Å². The second-order valence-corrected chi connectivity index (χ2v) is 3.94. The highest BCUT2D eigenvalue weighted by Crippen LogP contribution is 2.26. The largest absolute Gasteiger partial charge is 0.495 e. The first kappa shape index (κ1) is 12.1. The Kier molecular flexibility index (Phi) is 3.28. The number of Topliss-reactive ketones (excluding diaryl/α,β-unsaturated/α-hetero) is 1. The minimum Gasteiger partial charge on any atom is -0.495 e. The molecular formula is C14H13NO3. The average molecular weight is 243 g/mol. The van der Waals surface area contributed by atoms with Crippen LogP contribution in [0.4, 0.5) is 5.69 Å². The molecule has 0 bridgehead atoms. The molecule has 0 radical (unpaired) electrons. The summed E-state index contributed by atoms with van der Waals surface area (Å²) in [7, 11) is 1.55. The fourth-order valence-corrected chi connectivity index (χ4v) is 1.73. The number of ether oxygens (including phenoxy) is 1. The summed E-state index contributed by atoms with van der Waals surface area (Å²) in [5, 5.41) is 2.94. The van der Waals surface area contributed by atoms with Crippen LogP contribution >= 0.6 is 0 Å². The maximum Gasteiger partial charge on any atom is 0.205 e. The van der Waals surface area contributed by atoms with Crippen molar-refractivity contribution in [3.8, 4) is 5.75 Å². The molecule has 1 aliphatic rings. The van der Waals surface area contributed by atoms with Crippen molar-refractivity contribution in [1.82, 2.24) is 0 Å². The summed E-state index contributed by atoms with van der Waals surface area (Å²) in [4.78, 5) is 23.3. The maximum atomic E-state index is 11.9. The van der Waals surface area contributed by atoms with E-state index in [1.807, 2.05) is 12.1 Å². The second kappa shape index (κ2) is 4.87. The van der Waals surface area contributed by atoms with Gasteiger partial charge in [0, 0.05) is 11.6 Å². The van der Waals surface area contributed by atoms with Crippen molar-refractivity contribution in [2.24, 2.45) is 0 Å². The summed E-state index contributed by atoms with van der Waals surface area (Å²) < 4.78 is 5.18. The van der Waals surface area contributed by atoms with E-state index in [-0.39, 0.29) is 17.3 Å². The van der Waals surface area contributed by atoms with Gasteiger partial charge >= 0.3 is 0 Å². The number of hydrogen-bond donors (Lipinski definition) is 1. The molecule has 1 aromatic rings. The Hall–Kier alpha value is -2.36. The van der Waals surface area contributed by atoms with Crippen LogP contribution in [0.3, 0.4) is 0 Å². The first-order valence-electron chi connectivity index (χ1n) is 5.50. The number of carbonyl (C=O) groups excluding carboxylic acids is 2. The molecule has 92 valence electrons. The molecule has 4 heteroatoms. The van der Waals surface area contributed by atoms with Gasteiger partial charge in [-0.05, 0) is 25.1 Å². The van der Waals surface area contributed by atoms with Crippen molar-refractivity contribution < 1.29 is 14.3 Å². The Morgan fingerprint density at radius 2 is 1.83 bits per heavy atom. The number of nitrogens with one attached hydrogen (secondary N) is 1. The van der Waals surface area contributed by atoms with Crippen molar-refractivity contribution in [3.63, 3.8) is 0 Å². The third-order valence-electron chi connectivity index (χ3n) is 2.62. The number of carbonyl (C=O) groups is 2. The number of ketones is 2. The number of rotatable bonds is 3. The lowest BCUT2D eigenvalue weighted by atomic mass is 10.0. The molecule has 0 amide bonds. The number of hydrogen-bond acceptors (Lipinski definition) is 4. The topological polar surface area (TPSA) is 55.4 Å². The van der Waals surface area contributed by atoms with E-state index in [0.717, 1.165) is 0 Å². The molecule has 0 aliphatic heterocycles. The summed E-state index contributed by atoms with van der Waals surface area (Å²) in [6.45, 7) is 1.62. The molecule has 0 heterocycles. The van der Waals surface area contributed by atoms with Crippen LogP contribution < -0.4 is 10.1 Å². The SMILES string of the molecule is COc1ccccc1NC1=CC(=O)C=C(C)C1=O. The minimum absolute atomic E-state index is 0.180. The van der Waals surface area contributed by atoms with Gasteiger partial charge in [-0.1, -0.05) is 12.1 Å². The van der Waals surface area contributed by atoms with E-state index in [2.05, 4.69) is 5.32 Å². The fourth-order valence-electron chi connectivity index (χ4n) is 1.73. The molecule has 0 aromatic heterocycles. The van der Waals surface area contributed by atoms with E-state index in [4.69, 9.17) is 4.74 Å². The Labute approximate surface area is 105 Å². The molecule has 0 saturated carbocycles. The van der Waals surface area contributed by atoms with E-state index < -0.39 is 0 Å². The van der Waals surface area contributed by atoms with Gasteiger partial charge in [0.05, 0.1) is 18.5 Å². The highest BCUT2D eigenvalue weighted by molar-refractivity contribution is 6.21. The van der Waals surface area contributed by atoms with Crippen LogP contribution in [0.2, 0.25) is 0 Å². The van der Waals surface area contributed by atoms with Gasteiger partial charge in [-0.25, -0.2) is 0 Å². The predicted octanol–water partition coefficient (Wildman–Crippen LogP) is 2.09. The molecule has 0 unspecified atom stereocenters. The number of allylic oxidation sites excluding steroid dienone is 3. The van der Waals surface area contributed by atoms with Gasteiger partial charge in [0.25, 0.3) is 0 Å². The smallest absolute Gasteiger partial charge is 0.205 e. The number of para-hydroxylation sites is 2. The van der Waals surface area contributed by atoms with E-state index >= 15 is 0 Å². The molecule has 18 heavy (non-hydrogen) atoms. The molecule has 4 nitrogen and oxygen atoms in total. The second-order valence-electron chi connectivity index (χ2n) is 3.94. The van der Waals surface area contributed by atoms with Gasteiger partial charge in [0.2, 0.25) is 5.78 Å². The number of methoxy groups -OCH3 is 1. The van der Waals surface area contributed by atoms with Crippen molar-refractivity contribution >= 4 is 17.3 Å². The van der Waals surface area contributed by atoms with E-state index in [1.165, 1.54) is 12.2 Å². The van der Waals surface area contributed by atoms with Crippen LogP contribution in [0.25, 0.3) is 0 Å². The van der Waals surface area contributed by atoms with Crippen LogP contribution in [0.1, 0.15) is 6.92 Å². The summed E-state index contributed by atoms with van der Waals surface area (Å²) in [5.74, 6) is 0.246. The van der Waals surface area contributed by atoms with Gasteiger partial charge in [0.15, 0.2) is 5.78 Å². The zero-order valence-corrected chi connectivity index (χ0v) is 10.2. The highest BCUT2D eigenvalue weighted by Gasteiger charge is 2.19. The van der Waals surface area contributed by atoms with Gasteiger partial charge in [-0.3, -0.25) is 9.59 Å². The van der Waals surface area contributed by atoms with Crippen LogP contribution in [0.15, 0.2) is 47.7 Å². The third-order valence-corrected chi connectivity index (χ3v) is 2.62. The van der Waals surface area contributed by atoms with Crippen molar-refractivity contribution in [2.45, 2.75) is 6.92 Å². The lowest BCUT2D eigenvalue weighted by molar-refractivity contribution is -0.115. The quantitative estimate of drug-likeness (QED) is 0.826. The van der Waals surface area contributed by atoms with Crippen molar-refractivity contribution in [2.75, 3.05) is 12.4 Å². The highest BCUT2D eigenvalue weighted by atomic mass is 16.5. The molecule has 1 N–H and O–H groups in total. The maximum absolute atomic E-state index is 11.9. The normalized spacial score (nSPS) is 15.0. The van der Waals surface area contributed by atoms with Gasteiger partial charge < -0.3 is 10.1 Å². The van der Waals surface area contributed by atoms with Gasteiger partial charge in [0.1, 0.15) is 5.75 Å². The molecule has 1 aliphatic carbocycles. The molecule has 2 rings (SSSR count). The van der Waals surface area contributed by atoms with Crippen molar-refractivity contribution in [3.05, 3.63) is 47.7 Å². The molecule has 1 aromatic carbocycles. The Morgan fingerprint density at radius 1 is 1.11 bits per heavy atom. The summed E-state index contributed by atoms with van der Waals surface area (Å²) in [6.07, 6.45) is 2.62.